The van der Waals surface area contributed by atoms with Crippen LogP contribution in [0.1, 0.15) is 51.4 Å². The van der Waals surface area contributed by atoms with Crippen LogP contribution in [0.3, 0.4) is 0 Å². The van der Waals surface area contributed by atoms with Crippen molar-refractivity contribution < 1.29 is 22.9 Å². The van der Waals surface area contributed by atoms with Crippen molar-refractivity contribution >= 4 is 27.7 Å². The van der Waals surface area contributed by atoms with Gasteiger partial charge in [0.2, 0.25) is 0 Å². The highest BCUT2D eigenvalue weighted by molar-refractivity contribution is 7.85. The number of carboxylic acid groups (broad SMARTS) is 1. The molecular weight excluding hydrogens is 280 g/mol. The maximum absolute atomic E-state index is 10.4. The molecule has 7 heteroatoms. The molecular formula is C11H21ClO5S. The van der Waals surface area contributed by atoms with Crippen LogP contribution >= 0.6 is 11.6 Å². The first kappa shape index (κ1) is 17.7. The zero-order valence-corrected chi connectivity index (χ0v) is 11.9. The summed E-state index contributed by atoms with van der Waals surface area (Å²) in [5, 5.41) is 7.75. The molecule has 0 aliphatic rings. The molecule has 0 aliphatic heterocycles. The van der Waals surface area contributed by atoms with Crippen LogP contribution in [0, 0.1) is 0 Å². The smallest absolute Gasteiger partial charge is 0.321 e. The fraction of sp³-hybridized carbons (Fsp3) is 0.909. The average molecular weight is 301 g/mol. The summed E-state index contributed by atoms with van der Waals surface area (Å²) in [7, 11) is -3.81. The zero-order valence-electron chi connectivity index (χ0n) is 10.3. The molecule has 18 heavy (non-hydrogen) atoms. The summed E-state index contributed by atoms with van der Waals surface area (Å²) < 4.78 is 29.3. The number of rotatable bonds is 11. The third-order valence-corrected chi connectivity index (χ3v) is 3.84. The average Bonchev–Trinajstić information content (AvgIpc) is 2.24. The lowest BCUT2D eigenvalue weighted by Gasteiger charge is -2.04. The minimum absolute atomic E-state index is 0.167. The van der Waals surface area contributed by atoms with E-state index in [1.807, 2.05) is 0 Å². The first-order valence-corrected chi connectivity index (χ1v) is 8.19. The molecule has 0 aromatic carbocycles. The molecule has 0 amide bonds. The molecule has 0 aliphatic carbocycles. The fourth-order valence-electron chi connectivity index (χ4n) is 1.62. The Morgan fingerprint density at radius 2 is 1.44 bits per heavy atom. The fourth-order valence-corrected chi connectivity index (χ4v) is 2.34. The van der Waals surface area contributed by atoms with Crippen molar-refractivity contribution in [3.05, 3.63) is 0 Å². The highest BCUT2D eigenvalue weighted by Crippen LogP contribution is 2.12. The molecule has 108 valence electrons. The second-order valence-corrected chi connectivity index (χ2v) is 6.45. The summed E-state index contributed by atoms with van der Waals surface area (Å²) in [6.45, 7) is 0. The normalized spacial score (nSPS) is 13.4. The molecule has 0 spiro atoms. The van der Waals surface area contributed by atoms with Crippen molar-refractivity contribution in [2.24, 2.45) is 0 Å². The van der Waals surface area contributed by atoms with Crippen LogP contribution in [0.4, 0.5) is 0 Å². The van der Waals surface area contributed by atoms with E-state index < -0.39 is 21.5 Å². The number of carbonyl (C=O) groups is 1. The van der Waals surface area contributed by atoms with E-state index in [9.17, 15) is 13.2 Å². The topological polar surface area (TPSA) is 91.7 Å². The van der Waals surface area contributed by atoms with Gasteiger partial charge in [-0.05, 0) is 12.8 Å². The number of carboxylic acids is 1. The van der Waals surface area contributed by atoms with Gasteiger partial charge >= 0.3 is 5.97 Å². The summed E-state index contributed by atoms with van der Waals surface area (Å²) in [6, 6.07) is 0. The summed E-state index contributed by atoms with van der Waals surface area (Å²) in [6.07, 6.45) is 6.41. The summed E-state index contributed by atoms with van der Waals surface area (Å²) in [5.41, 5.74) is 0. The van der Waals surface area contributed by atoms with Crippen molar-refractivity contribution in [2.75, 3.05) is 5.75 Å². The van der Waals surface area contributed by atoms with Crippen LogP contribution in [-0.2, 0) is 14.9 Å². The molecule has 0 saturated carbocycles. The van der Waals surface area contributed by atoms with Crippen LogP contribution in [0.25, 0.3) is 0 Å². The van der Waals surface area contributed by atoms with Gasteiger partial charge < -0.3 is 5.11 Å². The van der Waals surface area contributed by atoms with Gasteiger partial charge in [-0.25, -0.2) is 0 Å². The molecule has 0 aromatic heterocycles. The van der Waals surface area contributed by atoms with Crippen molar-refractivity contribution in [3.63, 3.8) is 0 Å². The zero-order chi connectivity index (χ0) is 14.0. The lowest BCUT2D eigenvalue weighted by Crippen LogP contribution is -2.12. The van der Waals surface area contributed by atoms with Crippen molar-refractivity contribution in [1.29, 1.82) is 0 Å². The number of aliphatic carboxylic acids is 1. The maximum Gasteiger partial charge on any atom is 0.321 e. The lowest BCUT2D eigenvalue weighted by molar-refractivity contribution is -0.136. The Hall–Kier alpha value is -0.330. The highest BCUT2D eigenvalue weighted by Gasteiger charge is 2.11. The van der Waals surface area contributed by atoms with E-state index in [0.29, 0.717) is 12.8 Å². The maximum atomic E-state index is 10.4. The van der Waals surface area contributed by atoms with E-state index in [1.165, 1.54) is 0 Å². The monoisotopic (exact) mass is 300 g/mol. The van der Waals surface area contributed by atoms with Crippen LogP contribution in [-0.4, -0.2) is 35.2 Å². The van der Waals surface area contributed by atoms with Crippen LogP contribution in [0.2, 0.25) is 0 Å². The number of unbranched alkanes of at least 4 members (excludes halogenated alkanes) is 6. The second-order valence-electron chi connectivity index (χ2n) is 4.36. The third kappa shape index (κ3) is 12.1. The van der Waals surface area contributed by atoms with E-state index in [4.69, 9.17) is 21.3 Å². The van der Waals surface area contributed by atoms with Crippen LogP contribution in [0.5, 0.6) is 0 Å². The van der Waals surface area contributed by atoms with Gasteiger partial charge in [-0.15, -0.1) is 11.6 Å². The van der Waals surface area contributed by atoms with Gasteiger partial charge in [-0.3, -0.25) is 9.35 Å². The van der Waals surface area contributed by atoms with Gasteiger partial charge in [0.05, 0.1) is 5.75 Å². The third-order valence-electron chi connectivity index (χ3n) is 2.63. The molecule has 1 atom stereocenters. The first-order chi connectivity index (χ1) is 8.33. The molecule has 2 N–H and O–H groups in total. The predicted molar refractivity (Wildman–Crippen MR) is 70.6 cm³/mol. The quantitative estimate of drug-likeness (QED) is 0.348. The molecule has 0 aromatic rings. The Bertz CT molecular complexity index is 328. The van der Waals surface area contributed by atoms with Gasteiger partial charge in [0.15, 0.2) is 0 Å². The summed E-state index contributed by atoms with van der Waals surface area (Å²) in [5.74, 6) is -1.14. The molecule has 0 bridgehead atoms. The predicted octanol–water partition coefficient (Wildman–Crippen LogP) is 2.69. The van der Waals surface area contributed by atoms with Gasteiger partial charge in [0.25, 0.3) is 10.1 Å². The minimum atomic E-state index is -3.81. The van der Waals surface area contributed by atoms with E-state index in [2.05, 4.69) is 0 Å². The number of hydrogen-bond acceptors (Lipinski definition) is 3. The Morgan fingerprint density at radius 3 is 1.89 bits per heavy atom. The standard InChI is InChI=1S/C11H21ClO5S/c12-10(11(13)14)8-6-4-2-1-3-5-7-9-18(15,16)17/h10H,1-9H2,(H,13,14)(H,15,16,17). The van der Waals surface area contributed by atoms with Crippen molar-refractivity contribution in [1.82, 2.24) is 0 Å². The van der Waals surface area contributed by atoms with E-state index in [0.717, 1.165) is 38.5 Å². The summed E-state index contributed by atoms with van der Waals surface area (Å²) in [4.78, 5) is 10.4. The van der Waals surface area contributed by atoms with Gasteiger partial charge in [0, 0.05) is 0 Å². The molecule has 0 radical (unpaired) electrons. The molecule has 0 saturated heterocycles. The molecule has 0 fully saturated rings. The Balaban J connectivity index is 3.24. The molecule has 0 rings (SSSR count). The highest BCUT2D eigenvalue weighted by atomic mass is 35.5. The SMILES string of the molecule is O=C(O)C(Cl)CCCCCCCCCS(=O)(=O)O. The number of alkyl halides is 1. The Labute approximate surface area is 113 Å². The van der Waals surface area contributed by atoms with Gasteiger partial charge in [-0.1, -0.05) is 38.5 Å². The largest absolute Gasteiger partial charge is 0.480 e. The number of hydrogen-bond donors (Lipinski definition) is 2. The van der Waals surface area contributed by atoms with Crippen molar-refractivity contribution in [3.8, 4) is 0 Å². The van der Waals surface area contributed by atoms with Crippen molar-refractivity contribution in [2.45, 2.75) is 56.7 Å². The van der Waals surface area contributed by atoms with Gasteiger partial charge in [-0.2, -0.15) is 8.42 Å². The first-order valence-electron chi connectivity index (χ1n) is 6.15. The Kier molecular flexibility index (Phi) is 9.40. The van der Waals surface area contributed by atoms with Crippen LogP contribution in [0.15, 0.2) is 0 Å². The summed E-state index contributed by atoms with van der Waals surface area (Å²) >= 11 is 5.56. The van der Waals surface area contributed by atoms with E-state index in [1.54, 1.807) is 0 Å². The molecule has 0 heterocycles. The van der Waals surface area contributed by atoms with Crippen LogP contribution < -0.4 is 0 Å². The minimum Gasteiger partial charge on any atom is -0.480 e. The Morgan fingerprint density at radius 1 is 1.00 bits per heavy atom. The van der Waals surface area contributed by atoms with E-state index >= 15 is 0 Å². The molecule has 5 nitrogen and oxygen atoms in total. The second kappa shape index (κ2) is 9.58. The number of halogens is 1. The lowest BCUT2D eigenvalue weighted by atomic mass is 10.1. The van der Waals surface area contributed by atoms with Gasteiger partial charge in [0.1, 0.15) is 5.38 Å². The van der Waals surface area contributed by atoms with E-state index in [-0.39, 0.29) is 5.75 Å². The molecule has 1 unspecified atom stereocenters.